The summed E-state index contributed by atoms with van der Waals surface area (Å²) in [6.07, 6.45) is 6.59. The number of nitrogens with one attached hydrogen (secondary N) is 2. The normalized spacial score (nSPS) is 32.9. The minimum absolute atomic E-state index is 0.133. The Labute approximate surface area is 155 Å². The lowest BCUT2D eigenvalue weighted by atomic mass is 9.57. The van der Waals surface area contributed by atoms with Crippen molar-refractivity contribution in [3.63, 3.8) is 0 Å². The molecule has 4 unspecified atom stereocenters. The summed E-state index contributed by atoms with van der Waals surface area (Å²) in [4.78, 5) is 4.82. The third kappa shape index (κ3) is 3.62. The molecule has 1 saturated carbocycles. The molecule has 3 aliphatic rings. The fourth-order valence-corrected chi connectivity index (χ4v) is 4.66. The van der Waals surface area contributed by atoms with Crippen LogP contribution in [0.1, 0.15) is 38.9 Å². The quantitative estimate of drug-likeness (QED) is 0.601. The van der Waals surface area contributed by atoms with Crippen molar-refractivity contribution in [2.75, 3.05) is 26.3 Å². The Bertz CT molecular complexity index is 608. The van der Waals surface area contributed by atoms with E-state index in [4.69, 9.17) is 18.9 Å². The van der Waals surface area contributed by atoms with Crippen molar-refractivity contribution in [1.82, 2.24) is 10.6 Å². The summed E-state index contributed by atoms with van der Waals surface area (Å²) in [5, 5.41) is 7.17. The van der Waals surface area contributed by atoms with Gasteiger partial charge in [-0.05, 0) is 31.4 Å². The number of nitrogens with zero attached hydrogens (tertiary/aromatic N) is 1. The number of aliphatic imine (C=N–C) groups is 1. The molecule has 144 valence electrons. The van der Waals surface area contributed by atoms with Gasteiger partial charge in [0.05, 0.1) is 25.0 Å². The van der Waals surface area contributed by atoms with Crippen LogP contribution in [0.15, 0.2) is 27.8 Å². The van der Waals surface area contributed by atoms with Crippen molar-refractivity contribution >= 4 is 5.96 Å². The van der Waals surface area contributed by atoms with E-state index in [2.05, 4.69) is 24.5 Å². The SMILES string of the molecule is CC1(C)C(NC(=NCC2CCCO2)NCCc2ccco2)C2CCOC21. The minimum Gasteiger partial charge on any atom is -0.469 e. The number of rotatable bonds is 6. The zero-order chi connectivity index (χ0) is 18.0. The molecule has 2 N–H and O–H groups in total. The lowest BCUT2D eigenvalue weighted by Crippen LogP contribution is -2.68. The van der Waals surface area contributed by atoms with E-state index < -0.39 is 0 Å². The van der Waals surface area contributed by atoms with Crippen LogP contribution in [0.2, 0.25) is 0 Å². The van der Waals surface area contributed by atoms with Gasteiger partial charge in [0.15, 0.2) is 5.96 Å². The molecule has 4 rings (SSSR count). The first-order valence-corrected chi connectivity index (χ1v) is 9.95. The van der Waals surface area contributed by atoms with E-state index >= 15 is 0 Å². The molecule has 0 aromatic carbocycles. The zero-order valence-electron chi connectivity index (χ0n) is 15.9. The molecule has 0 bridgehead atoms. The number of hydrogen-bond donors (Lipinski definition) is 2. The van der Waals surface area contributed by atoms with Gasteiger partial charge < -0.3 is 24.5 Å². The van der Waals surface area contributed by atoms with Gasteiger partial charge in [0, 0.05) is 43.6 Å². The van der Waals surface area contributed by atoms with Crippen LogP contribution in [0.5, 0.6) is 0 Å². The maximum atomic E-state index is 5.92. The van der Waals surface area contributed by atoms with Gasteiger partial charge in [-0.3, -0.25) is 4.99 Å². The van der Waals surface area contributed by atoms with E-state index in [9.17, 15) is 0 Å². The number of furan rings is 1. The average Bonchev–Trinajstić information content (AvgIpc) is 3.38. The molecule has 4 atom stereocenters. The van der Waals surface area contributed by atoms with Crippen molar-refractivity contribution in [1.29, 1.82) is 0 Å². The second-order valence-corrected chi connectivity index (χ2v) is 8.27. The van der Waals surface area contributed by atoms with Crippen LogP contribution in [0.4, 0.5) is 0 Å². The number of hydrogen-bond acceptors (Lipinski definition) is 4. The number of ether oxygens (including phenoxy) is 2. The summed E-state index contributed by atoms with van der Waals surface area (Å²) in [6.45, 7) is 7.84. The highest BCUT2D eigenvalue weighted by Gasteiger charge is 2.59. The molecule has 26 heavy (non-hydrogen) atoms. The lowest BCUT2D eigenvalue weighted by molar-refractivity contribution is -0.106. The Morgan fingerprint density at radius 1 is 1.27 bits per heavy atom. The van der Waals surface area contributed by atoms with Gasteiger partial charge >= 0.3 is 0 Å². The second kappa shape index (κ2) is 7.61. The van der Waals surface area contributed by atoms with Gasteiger partial charge in [0.25, 0.3) is 0 Å². The molecule has 1 aromatic rings. The van der Waals surface area contributed by atoms with Gasteiger partial charge in [0.2, 0.25) is 0 Å². The molecule has 1 aromatic heterocycles. The fraction of sp³-hybridized carbons (Fsp3) is 0.750. The molecule has 2 saturated heterocycles. The fourth-order valence-electron chi connectivity index (χ4n) is 4.66. The van der Waals surface area contributed by atoms with Gasteiger partial charge in [0.1, 0.15) is 5.76 Å². The first kappa shape index (κ1) is 17.9. The van der Waals surface area contributed by atoms with Crippen LogP contribution >= 0.6 is 0 Å². The second-order valence-electron chi connectivity index (χ2n) is 8.27. The maximum absolute atomic E-state index is 5.92. The van der Waals surface area contributed by atoms with Crippen LogP contribution in [0, 0.1) is 11.3 Å². The minimum atomic E-state index is 0.133. The molecule has 3 heterocycles. The van der Waals surface area contributed by atoms with E-state index in [0.717, 1.165) is 57.2 Å². The molecule has 6 nitrogen and oxygen atoms in total. The topological polar surface area (TPSA) is 68.0 Å². The Morgan fingerprint density at radius 3 is 2.96 bits per heavy atom. The summed E-state index contributed by atoms with van der Waals surface area (Å²) in [7, 11) is 0. The van der Waals surface area contributed by atoms with Crippen LogP contribution in [0.25, 0.3) is 0 Å². The molecular weight excluding hydrogens is 330 g/mol. The van der Waals surface area contributed by atoms with E-state index in [1.807, 2.05) is 12.1 Å². The van der Waals surface area contributed by atoms with E-state index in [1.165, 1.54) is 0 Å². The van der Waals surface area contributed by atoms with Crippen molar-refractivity contribution in [3.05, 3.63) is 24.2 Å². The smallest absolute Gasteiger partial charge is 0.191 e. The van der Waals surface area contributed by atoms with Gasteiger partial charge in [-0.2, -0.15) is 0 Å². The summed E-state index contributed by atoms with van der Waals surface area (Å²) in [5.41, 5.74) is 0.133. The Balaban J connectivity index is 1.37. The molecule has 2 aliphatic heterocycles. The summed E-state index contributed by atoms with van der Waals surface area (Å²) in [6, 6.07) is 4.33. The molecule has 1 aliphatic carbocycles. The lowest BCUT2D eigenvalue weighted by Gasteiger charge is -2.55. The van der Waals surface area contributed by atoms with Crippen LogP contribution in [-0.4, -0.2) is 50.5 Å². The molecule has 0 amide bonds. The predicted molar refractivity (Wildman–Crippen MR) is 100 cm³/mol. The molecular formula is C20H31N3O3. The third-order valence-electron chi connectivity index (χ3n) is 6.11. The summed E-state index contributed by atoms with van der Waals surface area (Å²) >= 11 is 0. The molecule has 0 spiro atoms. The van der Waals surface area contributed by atoms with Crippen LogP contribution < -0.4 is 10.6 Å². The van der Waals surface area contributed by atoms with Gasteiger partial charge in [-0.1, -0.05) is 13.8 Å². The van der Waals surface area contributed by atoms with Gasteiger partial charge in [-0.25, -0.2) is 0 Å². The maximum Gasteiger partial charge on any atom is 0.191 e. The van der Waals surface area contributed by atoms with Crippen molar-refractivity contribution in [2.24, 2.45) is 16.3 Å². The highest BCUT2D eigenvalue weighted by Crippen LogP contribution is 2.52. The first-order valence-electron chi connectivity index (χ1n) is 9.95. The summed E-state index contributed by atoms with van der Waals surface area (Å²) < 4.78 is 17.1. The zero-order valence-corrected chi connectivity index (χ0v) is 15.9. The van der Waals surface area contributed by atoms with Crippen molar-refractivity contribution in [2.45, 2.75) is 57.8 Å². The average molecular weight is 361 g/mol. The Kier molecular flexibility index (Phi) is 5.23. The monoisotopic (exact) mass is 361 g/mol. The van der Waals surface area contributed by atoms with Crippen molar-refractivity contribution < 1.29 is 13.9 Å². The van der Waals surface area contributed by atoms with E-state index in [-0.39, 0.29) is 11.5 Å². The van der Waals surface area contributed by atoms with Crippen molar-refractivity contribution in [3.8, 4) is 0 Å². The molecule has 6 heteroatoms. The van der Waals surface area contributed by atoms with Crippen LogP contribution in [-0.2, 0) is 15.9 Å². The van der Waals surface area contributed by atoms with Crippen LogP contribution in [0.3, 0.4) is 0 Å². The first-order chi connectivity index (χ1) is 12.6. The summed E-state index contributed by atoms with van der Waals surface area (Å²) in [5.74, 6) is 2.46. The third-order valence-corrected chi connectivity index (χ3v) is 6.11. The highest BCUT2D eigenvalue weighted by molar-refractivity contribution is 5.80. The molecule has 0 radical (unpaired) electrons. The predicted octanol–water partition coefficient (Wildman–Crippen LogP) is 2.35. The van der Waals surface area contributed by atoms with E-state index in [0.29, 0.717) is 24.6 Å². The number of guanidine groups is 1. The number of fused-ring (bicyclic) bond motifs is 1. The van der Waals surface area contributed by atoms with E-state index in [1.54, 1.807) is 6.26 Å². The largest absolute Gasteiger partial charge is 0.469 e. The molecule has 3 fully saturated rings. The standard InChI is InChI=1S/C20H31N3O3/c1-20(2)17(16-8-12-26-18(16)20)23-19(22-13-15-6-4-11-25-15)21-9-7-14-5-3-10-24-14/h3,5,10,15-18H,4,6-9,11-13H2,1-2H3,(H2,21,22,23). The highest BCUT2D eigenvalue weighted by atomic mass is 16.5. The Morgan fingerprint density at radius 2 is 2.19 bits per heavy atom. The Hall–Kier alpha value is -1.53. The van der Waals surface area contributed by atoms with Gasteiger partial charge in [-0.15, -0.1) is 0 Å².